The number of rotatable bonds is 6. The molecule has 1 aromatic carbocycles. The summed E-state index contributed by atoms with van der Waals surface area (Å²) in [6.45, 7) is 1.55. The average molecular weight is 480 g/mol. The van der Waals surface area contributed by atoms with Gasteiger partial charge in [0.1, 0.15) is 21.9 Å². The number of aryl methyl sites for hydroxylation is 2. The van der Waals surface area contributed by atoms with Crippen molar-refractivity contribution in [2.24, 2.45) is 0 Å². The third-order valence-corrected chi connectivity index (χ3v) is 8.57. The summed E-state index contributed by atoms with van der Waals surface area (Å²) in [6.07, 6.45) is 8.76. The van der Waals surface area contributed by atoms with Crippen LogP contribution in [0.5, 0.6) is 5.75 Å². The minimum absolute atomic E-state index is 0.177. The number of nitrogens with zero attached hydrogens (tertiary/aromatic N) is 5. The number of hydrogen-bond acceptors (Lipinski definition) is 8. The number of ether oxygens (including phenoxy) is 2. The standard InChI is InChI=1S/C24H25N5O2S2/c1-30-16-10-8-15(9-11-16)21-27-28-24(29(21)13-17-5-4-12-31-17)33-23-20-18-6-2-3-7-19(18)32-22(20)25-14-26-23/h8-11,14,17H,2-7,12-13H2,1H3. The van der Waals surface area contributed by atoms with E-state index in [1.165, 1.54) is 28.7 Å². The molecule has 0 spiro atoms. The third-order valence-electron chi connectivity index (χ3n) is 6.38. The molecule has 0 bridgehead atoms. The summed E-state index contributed by atoms with van der Waals surface area (Å²) >= 11 is 3.41. The van der Waals surface area contributed by atoms with E-state index in [1.54, 1.807) is 25.2 Å². The van der Waals surface area contributed by atoms with Gasteiger partial charge in [0.05, 0.1) is 19.8 Å². The SMILES string of the molecule is COc1ccc(-c2nnc(Sc3ncnc4sc5c(c34)CCCC5)n2CC2CCCO2)cc1. The van der Waals surface area contributed by atoms with Gasteiger partial charge in [0.15, 0.2) is 11.0 Å². The Hall–Kier alpha value is -2.49. The molecule has 1 atom stereocenters. The molecule has 6 rings (SSSR count). The van der Waals surface area contributed by atoms with Crippen molar-refractivity contribution >= 4 is 33.3 Å². The average Bonchev–Trinajstić information content (AvgIpc) is 3.59. The first-order valence-electron chi connectivity index (χ1n) is 11.4. The van der Waals surface area contributed by atoms with Crippen molar-refractivity contribution in [1.82, 2.24) is 24.7 Å². The van der Waals surface area contributed by atoms with Gasteiger partial charge in [-0.1, -0.05) is 0 Å². The van der Waals surface area contributed by atoms with Crippen LogP contribution >= 0.6 is 23.1 Å². The van der Waals surface area contributed by atoms with Crippen molar-refractivity contribution in [3.8, 4) is 17.1 Å². The minimum atomic E-state index is 0.177. The van der Waals surface area contributed by atoms with Crippen LogP contribution in [0, 0.1) is 0 Å². The van der Waals surface area contributed by atoms with E-state index >= 15 is 0 Å². The summed E-state index contributed by atoms with van der Waals surface area (Å²) in [5.41, 5.74) is 2.44. The zero-order valence-electron chi connectivity index (χ0n) is 18.5. The third kappa shape index (κ3) is 4.02. The Kier molecular flexibility index (Phi) is 5.77. The number of fused-ring (bicyclic) bond motifs is 3. The lowest BCUT2D eigenvalue weighted by molar-refractivity contribution is 0.0953. The van der Waals surface area contributed by atoms with E-state index in [1.807, 2.05) is 35.6 Å². The smallest absolute Gasteiger partial charge is 0.197 e. The number of benzene rings is 1. The monoisotopic (exact) mass is 479 g/mol. The first-order chi connectivity index (χ1) is 16.3. The lowest BCUT2D eigenvalue weighted by Gasteiger charge is -2.15. The van der Waals surface area contributed by atoms with Crippen molar-refractivity contribution in [3.63, 3.8) is 0 Å². The van der Waals surface area contributed by atoms with E-state index < -0.39 is 0 Å². The molecular weight excluding hydrogens is 454 g/mol. The topological polar surface area (TPSA) is 75.0 Å². The van der Waals surface area contributed by atoms with Crippen molar-refractivity contribution in [1.29, 1.82) is 0 Å². The second-order valence-corrected chi connectivity index (χ2v) is 10.5. The molecule has 4 aromatic rings. The molecule has 33 heavy (non-hydrogen) atoms. The maximum absolute atomic E-state index is 5.96. The summed E-state index contributed by atoms with van der Waals surface area (Å²) in [7, 11) is 1.68. The molecule has 0 saturated carbocycles. The molecule has 0 amide bonds. The maximum atomic E-state index is 5.96. The summed E-state index contributed by atoms with van der Waals surface area (Å²) in [6, 6.07) is 7.97. The van der Waals surface area contributed by atoms with Gasteiger partial charge in [0.25, 0.3) is 0 Å². The molecule has 1 unspecified atom stereocenters. The molecule has 3 aromatic heterocycles. The summed E-state index contributed by atoms with van der Waals surface area (Å²) in [5, 5.41) is 12.2. The Morgan fingerprint density at radius 3 is 2.82 bits per heavy atom. The highest BCUT2D eigenvalue weighted by Gasteiger charge is 2.25. The van der Waals surface area contributed by atoms with Gasteiger partial charge < -0.3 is 9.47 Å². The van der Waals surface area contributed by atoms with E-state index in [0.29, 0.717) is 0 Å². The molecule has 0 N–H and O–H groups in total. The molecule has 2 aliphatic rings. The number of thiophene rings is 1. The minimum Gasteiger partial charge on any atom is -0.497 e. The quantitative estimate of drug-likeness (QED) is 0.353. The first kappa shape index (κ1) is 21.1. The Morgan fingerprint density at radius 1 is 1.12 bits per heavy atom. The van der Waals surface area contributed by atoms with Gasteiger partial charge >= 0.3 is 0 Å². The van der Waals surface area contributed by atoms with Crippen LogP contribution in [0.3, 0.4) is 0 Å². The van der Waals surface area contributed by atoms with Crippen LogP contribution in [0.4, 0.5) is 0 Å². The van der Waals surface area contributed by atoms with Gasteiger partial charge in [-0.15, -0.1) is 21.5 Å². The largest absolute Gasteiger partial charge is 0.497 e. The lowest BCUT2D eigenvalue weighted by Crippen LogP contribution is -2.16. The Balaban J connectivity index is 1.41. The van der Waals surface area contributed by atoms with Crippen LogP contribution in [-0.4, -0.2) is 44.6 Å². The van der Waals surface area contributed by atoms with Gasteiger partial charge in [-0.3, -0.25) is 4.57 Å². The van der Waals surface area contributed by atoms with Crippen molar-refractivity contribution < 1.29 is 9.47 Å². The normalized spacial score (nSPS) is 18.0. The van der Waals surface area contributed by atoms with Crippen molar-refractivity contribution in [2.45, 2.75) is 61.4 Å². The molecule has 1 fully saturated rings. The van der Waals surface area contributed by atoms with Crippen LogP contribution in [0.15, 0.2) is 40.8 Å². The van der Waals surface area contributed by atoms with Crippen LogP contribution in [-0.2, 0) is 24.1 Å². The van der Waals surface area contributed by atoms with Crippen LogP contribution in [0.25, 0.3) is 21.6 Å². The van der Waals surface area contributed by atoms with Crippen LogP contribution in [0.2, 0.25) is 0 Å². The molecule has 170 valence electrons. The second kappa shape index (κ2) is 9.04. The zero-order chi connectivity index (χ0) is 22.2. The highest BCUT2D eigenvalue weighted by molar-refractivity contribution is 7.99. The van der Waals surface area contributed by atoms with E-state index in [4.69, 9.17) is 9.47 Å². The van der Waals surface area contributed by atoms with Crippen molar-refractivity contribution in [3.05, 3.63) is 41.0 Å². The van der Waals surface area contributed by atoms with E-state index in [0.717, 1.165) is 71.0 Å². The Labute approximate surface area is 200 Å². The second-order valence-electron chi connectivity index (χ2n) is 8.45. The molecule has 4 heterocycles. The van der Waals surface area contributed by atoms with Crippen molar-refractivity contribution in [2.75, 3.05) is 13.7 Å². The first-order valence-corrected chi connectivity index (χ1v) is 13.1. The molecule has 0 radical (unpaired) electrons. The predicted molar refractivity (Wildman–Crippen MR) is 129 cm³/mol. The van der Waals surface area contributed by atoms with Crippen LogP contribution in [0.1, 0.15) is 36.1 Å². The summed E-state index contributed by atoms with van der Waals surface area (Å²) < 4.78 is 13.5. The molecule has 7 nitrogen and oxygen atoms in total. The fraction of sp³-hybridized carbons (Fsp3) is 0.417. The lowest BCUT2D eigenvalue weighted by atomic mass is 9.97. The molecule has 9 heteroatoms. The fourth-order valence-electron chi connectivity index (χ4n) is 4.70. The van der Waals surface area contributed by atoms with E-state index in [9.17, 15) is 0 Å². The van der Waals surface area contributed by atoms with Gasteiger partial charge in [-0.2, -0.15) is 0 Å². The molecular formula is C24H25N5O2S2. The van der Waals surface area contributed by atoms with Gasteiger partial charge in [0, 0.05) is 22.4 Å². The molecule has 1 saturated heterocycles. The number of hydrogen-bond donors (Lipinski definition) is 0. The maximum Gasteiger partial charge on any atom is 0.197 e. The Bertz CT molecular complexity index is 1280. The van der Waals surface area contributed by atoms with Gasteiger partial charge in [-0.25, -0.2) is 9.97 Å². The molecule has 1 aliphatic carbocycles. The fourth-order valence-corrected chi connectivity index (χ4v) is 6.94. The van der Waals surface area contributed by atoms with E-state index in [2.05, 4.69) is 24.7 Å². The molecule has 1 aliphatic heterocycles. The summed E-state index contributed by atoms with van der Waals surface area (Å²) in [5.74, 6) is 1.66. The van der Waals surface area contributed by atoms with Gasteiger partial charge in [-0.05, 0) is 80.1 Å². The van der Waals surface area contributed by atoms with Gasteiger partial charge in [0.2, 0.25) is 0 Å². The highest BCUT2D eigenvalue weighted by Crippen LogP contribution is 2.41. The predicted octanol–water partition coefficient (Wildman–Crippen LogP) is 5.17. The van der Waals surface area contributed by atoms with Crippen LogP contribution < -0.4 is 4.74 Å². The number of methoxy groups -OCH3 is 1. The highest BCUT2D eigenvalue weighted by atomic mass is 32.2. The Morgan fingerprint density at radius 2 is 2.00 bits per heavy atom. The summed E-state index contributed by atoms with van der Waals surface area (Å²) in [4.78, 5) is 11.8. The number of aromatic nitrogens is 5. The van der Waals surface area contributed by atoms with E-state index in [-0.39, 0.29) is 6.10 Å². The zero-order valence-corrected chi connectivity index (χ0v) is 20.1.